The van der Waals surface area contributed by atoms with E-state index in [0.717, 1.165) is 12.1 Å². The van der Waals surface area contributed by atoms with Crippen LogP contribution in [0.15, 0.2) is 160 Å². The van der Waals surface area contributed by atoms with Gasteiger partial charge in [0.1, 0.15) is 21.2 Å². The van der Waals surface area contributed by atoms with Crippen LogP contribution in [0.2, 0.25) is 0 Å². The van der Waals surface area contributed by atoms with E-state index in [1.54, 1.807) is 0 Å². The molecule has 0 aromatic heterocycles. The van der Waals surface area contributed by atoms with Crippen LogP contribution in [0, 0.1) is 0 Å². The van der Waals surface area contributed by atoms with Gasteiger partial charge in [-0.3, -0.25) is 9.11 Å². The number of anilines is 1. The van der Waals surface area contributed by atoms with E-state index in [1.165, 1.54) is 97.1 Å². The summed E-state index contributed by atoms with van der Waals surface area (Å²) in [6.07, 6.45) is 0. The minimum atomic E-state index is -5.12. The van der Waals surface area contributed by atoms with Crippen molar-refractivity contribution in [2.45, 2.75) is 9.79 Å². The molecule has 0 radical (unpaired) electrons. The van der Waals surface area contributed by atoms with Crippen molar-refractivity contribution in [3.8, 4) is 17.2 Å². The van der Waals surface area contributed by atoms with Crippen LogP contribution < -0.4 is 119 Å². The molecular formula is C34H23K2N9O9S2. The van der Waals surface area contributed by atoms with Crippen molar-refractivity contribution in [3.63, 3.8) is 0 Å². The number of hydrogen-bond acceptors (Lipinski definition) is 16. The number of azo groups is 4. The summed E-state index contributed by atoms with van der Waals surface area (Å²) in [7, 11) is -10.2. The first kappa shape index (κ1) is 45.0. The minimum Gasteiger partial charge on any atom is -0.872 e. The van der Waals surface area contributed by atoms with Gasteiger partial charge in [-0.25, -0.2) is 0 Å². The monoisotopic (exact) mass is 843 g/mol. The fraction of sp³-hybridized carbons (Fsp3) is 0. The summed E-state index contributed by atoms with van der Waals surface area (Å²) in [5, 5.41) is 65.0. The Morgan fingerprint density at radius 2 is 0.732 bits per heavy atom. The van der Waals surface area contributed by atoms with Crippen LogP contribution in [0.1, 0.15) is 0 Å². The quantitative estimate of drug-likeness (QED) is 0.0676. The van der Waals surface area contributed by atoms with Crippen molar-refractivity contribution in [3.05, 3.63) is 109 Å². The number of phenols is 1. The average Bonchev–Trinajstić information content (AvgIpc) is 3.13. The van der Waals surface area contributed by atoms with Crippen LogP contribution in [-0.4, -0.2) is 31.0 Å². The summed E-state index contributed by atoms with van der Waals surface area (Å²) in [5.41, 5.74) is 6.38. The Hall–Kier alpha value is -3.73. The first-order valence-corrected chi connectivity index (χ1v) is 18.0. The second kappa shape index (κ2) is 19.1. The standard InChI is InChI=1S/C34H25N9O9S2.2K/c35-31-30-19(17-28(53(47,48)49)32(31)42-40-22-5-1-20(2-6-22)36-38-24-9-13-26(44)14-10-24)18-29(54(50,51)52)33(34(30)46)43-41-23-7-3-21(4-8-23)37-39-25-11-15-27(45)16-12-25;;/h1-18,44-46H,35H2,(H,47,48,49)(H,50,51,52);;/q;2*+1/p-2. The van der Waals surface area contributed by atoms with Gasteiger partial charge in [0, 0.05) is 0 Å². The molecular weight excluding hydrogens is 821 g/mol. The molecule has 18 nitrogen and oxygen atoms in total. The second-order valence-corrected chi connectivity index (χ2v) is 13.9. The number of benzene rings is 6. The van der Waals surface area contributed by atoms with Crippen molar-refractivity contribution < 1.29 is 144 Å². The smallest absolute Gasteiger partial charge is 0.872 e. The second-order valence-electron chi connectivity index (χ2n) is 11.1. The van der Waals surface area contributed by atoms with E-state index in [-0.39, 0.29) is 136 Å². The third-order valence-electron chi connectivity index (χ3n) is 7.34. The van der Waals surface area contributed by atoms with E-state index in [0.29, 0.717) is 22.7 Å². The summed E-state index contributed by atoms with van der Waals surface area (Å²) in [5.74, 6) is -1.28. The largest absolute Gasteiger partial charge is 1.00 e. The van der Waals surface area contributed by atoms with Crippen LogP contribution in [0.25, 0.3) is 10.8 Å². The molecule has 6 aromatic carbocycles. The van der Waals surface area contributed by atoms with Gasteiger partial charge in [-0.2, -0.15) is 47.5 Å². The third kappa shape index (κ3) is 11.2. The number of nitrogen functional groups attached to an aromatic ring is 1. The van der Waals surface area contributed by atoms with Crippen molar-refractivity contribution in [1.82, 2.24) is 0 Å². The molecule has 0 heterocycles. The van der Waals surface area contributed by atoms with Gasteiger partial charge in [0.25, 0.3) is 20.2 Å². The maximum absolute atomic E-state index is 12.4. The summed E-state index contributed by atoms with van der Waals surface area (Å²) in [6.45, 7) is 0. The molecule has 22 heteroatoms. The van der Waals surface area contributed by atoms with E-state index < -0.39 is 52.8 Å². The Bertz CT molecular complexity index is 2550. The molecule has 6 rings (SSSR count). The average molecular weight is 844 g/mol. The van der Waals surface area contributed by atoms with E-state index in [1.807, 2.05) is 0 Å². The Labute approximate surface area is 403 Å². The number of phenolic OH excluding ortho intramolecular Hbond substituents is 1. The number of rotatable bonds is 10. The van der Waals surface area contributed by atoms with Crippen molar-refractivity contribution in [2.24, 2.45) is 40.9 Å². The molecule has 0 spiro atoms. The fourth-order valence-electron chi connectivity index (χ4n) is 4.75. The maximum Gasteiger partial charge on any atom is 1.00 e. The number of aromatic hydroxyl groups is 1. The molecule has 0 aliphatic heterocycles. The van der Waals surface area contributed by atoms with Gasteiger partial charge >= 0.3 is 103 Å². The molecule has 0 bridgehead atoms. The van der Waals surface area contributed by atoms with E-state index >= 15 is 0 Å². The topological polar surface area (TPSA) is 300 Å². The summed E-state index contributed by atoms with van der Waals surface area (Å²) in [4.78, 5) is -1.85. The van der Waals surface area contributed by atoms with Crippen LogP contribution in [0.3, 0.4) is 0 Å². The molecule has 0 aliphatic rings. The van der Waals surface area contributed by atoms with Gasteiger partial charge in [0.2, 0.25) is 0 Å². The molecule has 0 amide bonds. The van der Waals surface area contributed by atoms with Crippen molar-refractivity contribution in [1.29, 1.82) is 0 Å². The van der Waals surface area contributed by atoms with E-state index in [9.17, 15) is 41.3 Å². The first-order valence-electron chi connectivity index (χ1n) is 15.1. The van der Waals surface area contributed by atoms with E-state index in [2.05, 4.69) is 40.9 Å². The molecule has 0 unspecified atom stereocenters. The zero-order valence-electron chi connectivity index (χ0n) is 29.2. The number of fused-ring (bicyclic) bond motifs is 1. The predicted octanol–water partition coefficient (Wildman–Crippen LogP) is 2.44. The van der Waals surface area contributed by atoms with Gasteiger partial charge in [-0.15, -0.1) is 21.7 Å². The number of nitrogens with two attached hydrogens (primary N) is 1. The van der Waals surface area contributed by atoms with Gasteiger partial charge in [-0.1, -0.05) is 24.3 Å². The zero-order valence-corrected chi connectivity index (χ0v) is 37.0. The maximum atomic E-state index is 12.4. The molecule has 0 fully saturated rings. The molecule has 56 heavy (non-hydrogen) atoms. The molecule has 0 saturated heterocycles. The minimum absolute atomic E-state index is 0. The summed E-state index contributed by atoms with van der Waals surface area (Å²) < 4.78 is 69.7. The van der Waals surface area contributed by atoms with Gasteiger partial charge in [0.05, 0.1) is 45.2 Å². The van der Waals surface area contributed by atoms with Gasteiger partial charge in [0.15, 0.2) is 5.75 Å². The van der Waals surface area contributed by atoms with Crippen molar-refractivity contribution >= 4 is 82.2 Å². The SMILES string of the molecule is Nc1c(N=Nc2ccc(N=Nc3ccc([O-])cc3)cc2)c(S(=O)(=O)O)cc2cc(S(=O)(=O)O)c(N=Nc3ccc(N=Nc4ccc([O-])cc4)cc3)c(O)c12.[K+].[K+]. The molecule has 5 N–H and O–H groups in total. The van der Waals surface area contributed by atoms with Gasteiger partial charge in [-0.05, 0) is 90.3 Å². The number of hydrogen-bond donors (Lipinski definition) is 4. The Morgan fingerprint density at radius 3 is 1.05 bits per heavy atom. The van der Waals surface area contributed by atoms with Crippen LogP contribution in [0.5, 0.6) is 17.2 Å². The van der Waals surface area contributed by atoms with Crippen LogP contribution in [0.4, 0.5) is 51.2 Å². The Balaban J connectivity index is 0.00000348. The Morgan fingerprint density at radius 1 is 0.464 bits per heavy atom. The fourth-order valence-corrected chi connectivity index (χ4v) is 6.08. The molecule has 272 valence electrons. The Kier molecular flexibility index (Phi) is 15.4. The molecule has 0 atom stereocenters. The molecule has 0 saturated carbocycles. The van der Waals surface area contributed by atoms with Crippen LogP contribution >= 0.6 is 0 Å². The third-order valence-corrected chi connectivity index (χ3v) is 9.07. The summed E-state index contributed by atoms with van der Waals surface area (Å²) in [6, 6.07) is 24.7. The first-order chi connectivity index (χ1) is 25.7. The summed E-state index contributed by atoms with van der Waals surface area (Å²) >= 11 is 0. The molecule has 6 aromatic rings. The predicted molar refractivity (Wildman–Crippen MR) is 191 cm³/mol. The normalized spacial score (nSPS) is 12.1. The van der Waals surface area contributed by atoms with E-state index in [4.69, 9.17) is 5.73 Å². The zero-order chi connectivity index (χ0) is 38.6. The van der Waals surface area contributed by atoms with Crippen LogP contribution in [-0.2, 0) is 20.2 Å². The molecule has 0 aliphatic carbocycles. The number of nitrogens with zero attached hydrogens (tertiary/aromatic N) is 8. The van der Waals surface area contributed by atoms with Crippen molar-refractivity contribution in [2.75, 3.05) is 5.73 Å². The van der Waals surface area contributed by atoms with Gasteiger partial charge < -0.3 is 21.1 Å².